The number of nitrogens with zero attached hydrogens (tertiary/aromatic N) is 1. The molecule has 0 aromatic carbocycles. The quantitative estimate of drug-likeness (QED) is 0.640. The zero-order valence-electron chi connectivity index (χ0n) is 9.05. The topological polar surface area (TPSA) is 24.5 Å². The maximum atomic E-state index is 5.00. The zero-order valence-corrected chi connectivity index (χ0v) is 9.05. The Kier molecular flexibility index (Phi) is 4.70. The molecule has 0 aromatic rings. The Morgan fingerprint density at radius 3 is 2.85 bits per heavy atom. The highest BCUT2D eigenvalue weighted by atomic mass is 16.5. The van der Waals surface area contributed by atoms with Crippen molar-refractivity contribution in [2.45, 2.75) is 31.8 Å². The lowest BCUT2D eigenvalue weighted by Gasteiger charge is -2.13. The lowest BCUT2D eigenvalue weighted by molar-refractivity contribution is 0.193. The highest BCUT2D eigenvalue weighted by molar-refractivity contribution is 4.84. The molecule has 3 heteroatoms. The van der Waals surface area contributed by atoms with Crippen LogP contribution in [0.25, 0.3) is 0 Å². The second-order valence-corrected chi connectivity index (χ2v) is 4.02. The van der Waals surface area contributed by atoms with Gasteiger partial charge in [-0.05, 0) is 33.4 Å². The summed E-state index contributed by atoms with van der Waals surface area (Å²) in [7, 11) is 3.95. The Hall–Kier alpha value is -0.120. The molecule has 1 aliphatic rings. The van der Waals surface area contributed by atoms with Gasteiger partial charge in [-0.1, -0.05) is 0 Å². The summed E-state index contributed by atoms with van der Waals surface area (Å²) in [5.41, 5.74) is 0. The lowest BCUT2D eigenvalue weighted by atomic mass is 10.2. The van der Waals surface area contributed by atoms with Gasteiger partial charge in [0.15, 0.2) is 0 Å². The van der Waals surface area contributed by atoms with Gasteiger partial charge in [-0.15, -0.1) is 0 Å². The second-order valence-electron chi connectivity index (χ2n) is 4.02. The minimum absolute atomic E-state index is 0.692. The number of nitrogens with one attached hydrogen (secondary N) is 1. The van der Waals surface area contributed by atoms with Crippen molar-refractivity contribution < 1.29 is 4.74 Å². The SMILES string of the molecule is COCCCNC1CC(C)N(C)C1. The van der Waals surface area contributed by atoms with E-state index in [2.05, 4.69) is 24.2 Å². The molecule has 0 amide bonds. The average molecular weight is 186 g/mol. The van der Waals surface area contributed by atoms with Gasteiger partial charge in [0.05, 0.1) is 0 Å². The molecule has 0 spiro atoms. The maximum absolute atomic E-state index is 5.00. The molecule has 3 nitrogen and oxygen atoms in total. The fourth-order valence-corrected chi connectivity index (χ4v) is 1.86. The molecule has 1 saturated heterocycles. The van der Waals surface area contributed by atoms with Crippen LogP contribution in [0.5, 0.6) is 0 Å². The molecule has 1 fully saturated rings. The molecule has 0 radical (unpaired) electrons. The third-order valence-electron chi connectivity index (χ3n) is 2.84. The molecule has 0 aromatic heterocycles. The first-order valence-corrected chi connectivity index (χ1v) is 5.16. The number of methoxy groups -OCH3 is 1. The smallest absolute Gasteiger partial charge is 0.0474 e. The molecular formula is C10H22N2O. The Labute approximate surface area is 81.4 Å². The van der Waals surface area contributed by atoms with E-state index in [0.717, 1.165) is 25.6 Å². The first-order chi connectivity index (χ1) is 6.24. The molecule has 2 atom stereocenters. The van der Waals surface area contributed by atoms with E-state index in [1.54, 1.807) is 7.11 Å². The summed E-state index contributed by atoms with van der Waals surface area (Å²) in [4.78, 5) is 2.41. The first-order valence-electron chi connectivity index (χ1n) is 5.16. The normalized spacial score (nSPS) is 29.8. The molecule has 13 heavy (non-hydrogen) atoms. The number of rotatable bonds is 5. The number of hydrogen-bond acceptors (Lipinski definition) is 3. The van der Waals surface area contributed by atoms with Crippen LogP contribution in [-0.2, 0) is 4.74 Å². The van der Waals surface area contributed by atoms with Gasteiger partial charge in [-0.2, -0.15) is 0 Å². The van der Waals surface area contributed by atoms with E-state index in [0.29, 0.717) is 6.04 Å². The van der Waals surface area contributed by atoms with Gasteiger partial charge < -0.3 is 15.0 Å². The lowest BCUT2D eigenvalue weighted by Crippen LogP contribution is -2.32. The molecule has 0 aliphatic carbocycles. The predicted octanol–water partition coefficient (Wildman–Crippen LogP) is 0.705. The van der Waals surface area contributed by atoms with Crippen LogP contribution < -0.4 is 5.32 Å². The summed E-state index contributed by atoms with van der Waals surface area (Å²) in [6.07, 6.45) is 2.40. The van der Waals surface area contributed by atoms with E-state index < -0.39 is 0 Å². The Morgan fingerprint density at radius 2 is 2.31 bits per heavy atom. The van der Waals surface area contributed by atoms with Gasteiger partial charge in [-0.25, -0.2) is 0 Å². The maximum Gasteiger partial charge on any atom is 0.0474 e. The summed E-state index contributed by atoms with van der Waals surface area (Å²) >= 11 is 0. The van der Waals surface area contributed by atoms with Crippen LogP contribution in [-0.4, -0.2) is 50.8 Å². The summed E-state index contributed by atoms with van der Waals surface area (Å²) in [6, 6.07) is 1.43. The Bertz CT molecular complexity index is 131. The Morgan fingerprint density at radius 1 is 1.54 bits per heavy atom. The van der Waals surface area contributed by atoms with Crippen molar-refractivity contribution in [3.05, 3.63) is 0 Å². The minimum atomic E-state index is 0.692. The van der Waals surface area contributed by atoms with E-state index in [4.69, 9.17) is 4.74 Å². The van der Waals surface area contributed by atoms with E-state index >= 15 is 0 Å². The molecule has 2 unspecified atom stereocenters. The van der Waals surface area contributed by atoms with Crippen LogP contribution in [0.1, 0.15) is 19.8 Å². The zero-order chi connectivity index (χ0) is 9.68. The van der Waals surface area contributed by atoms with Gasteiger partial charge >= 0.3 is 0 Å². The molecule has 1 heterocycles. The van der Waals surface area contributed by atoms with Crippen LogP contribution >= 0.6 is 0 Å². The number of likely N-dealkylation sites (N-methyl/N-ethyl adjacent to an activating group) is 1. The first kappa shape index (κ1) is 11.0. The molecule has 1 aliphatic heterocycles. The number of likely N-dealkylation sites (tertiary alicyclic amines) is 1. The molecule has 0 bridgehead atoms. The van der Waals surface area contributed by atoms with Crippen LogP contribution in [0, 0.1) is 0 Å². The summed E-state index contributed by atoms with van der Waals surface area (Å²) < 4.78 is 5.00. The fraction of sp³-hybridized carbons (Fsp3) is 1.00. The highest BCUT2D eigenvalue weighted by Crippen LogP contribution is 2.14. The number of ether oxygens (including phenoxy) is 1. The van der Waals surface area contributed by atoms with E-state index in [1.807, 2.05) is 0 Å². The fourth-order valence-electron chi connectivity index (χ4n) is 1.86. The van der Waals surface area contributed by atoms with Crippen molar-refractivity contribution in [3.63, 3.8) is 0 Å². The standard InChI is InChI=1S/C10H22N2O/c1-9-7-10(8-12(9)2)11-5-4-6-13-3/h9-11H,4-8H2,1-3H3. The van der Waals surface area contributed by atoms with Crippen LogP contribution in [0.2, 0.25) is 0 Å². The van der Waals surface area contributed by atoms with Crippen LogP contribution in [0.3, 0.4) is 0 Å². The van der Waals surface area contributed by atoms with Crippen molar-refractivity contribution in [3.8, 4) is 0 Å². The summed E-state index contributed by atoms with van der Waals surface area (Å²) in [5.74, 6) is 0. The van der Waals surface area contributed by atoms with Crippen molar-refractivity contribution in [2.75, 3.05) is 33.9 Å². The van der Waals surface area contributed by atoms with Gasteiger partial charge in [0.2, 0.25) is 0 Å². The molecule has 1 rings (SSSR count). The molecule has 78 valence electrons. The van der Waals surface area contributed by atoms with Crippen molar-refractivity contribution >= 4 is 0 Å². The summed E-state index contributed by atoms with van der Waals surface area (Å²) in [5, 5.41) is 3.56. The van der Waals surface area contributed by atoms with Crippen molar-refractivity contribution in [1.29, 1.82) is 0 Å². The highest BCUT2D eigenvalue weighted by Gasteiger charge is 2.24. The predicted molar refractivity (Wildman–Crippen MR) is 55.0 cm³/mol. The van der Waals surface area contributed by atoms with Gasteiger partial charge in [0.25, 0.3) is 0 Å². The molecule has 0 saturated carbocycles. The minimum Gasteiger partial charge on any atom is -0.385 e. The van der Waals surface area contributed by atoms with Crippen LogP contribution in [0.15, 0.2) is 0 Å². The number of hydrogen-bond donors (Lipinski definition) is 1. The monoisotopic (exact) mass is 186 g/mol. The van der Waals surface area contributed by atoms with Gasteiger partial charge in [-0.3, -0.25) is 0 Å². The molecular weight excluding hydrogens is 164 g/mol. The van der Waals surface area contributed by atoms with E-state index in [9.17, 15) is 0 Å². The van der Waals surface area contributed by atoms with Crippen molar-refractivity contribution in [2.24, 2.45) is 0 Å². The average Bonchev–Trinajstić information content (AvgIpc) is 2.41. The van der Waals surface area contributed by atoms with Gasteiger partial charge in [0, 0.05) is 32.3 Å². The van der Waals surface area contributed by atoms with Crippen LogP contribution in [0.4, 0.5) is 0 Å². The second kappa shape index (κ2) is 5.58. The van der Waals surface area contributed by atoms with E-state index in [-0.39, 0.29) is 0 Å². The third-order valence-corrected chi connectivity index (χ3v) is 2.84. The van der Waals surface area contributed by atoms with E-state index in [1.165, 1.54) is 13.0 Å². The summed E-state index contributed by atoms with van der Waals surface area (Å²) in [6.45, 7) is 5.43. The van der Waals surface area contributed by atoms with Crippen molar-refractivity contribution in [1.82, 2.24) is 10.2 Å². The largest absolute Gasteiger partial charge is 0.385 e. The Balaban J connectivity index is 2.03. The van der Waals surface area contributed by atoms with Gasteiger partial charge in [0.1, 0.15) is 0 Å². The third kappa shape index (κ3) is 3.63. The molecule has 1 N–H and O–H groups in total.